The first-order valence-corrected chi connectivity index (χ1v) is 12.4. The SMILES string of the molecule is F[B-](F)(F)F.O=c1ccn([C@@H]2O[C@H](COCCC[S+]3C[C@H]([C@H](O)CO)[C@H](O)C3)[C@@H](O)[C@H]2O)c(=O)[nH]1. The molecule has 1 unspecified atom stereocenters. The minimum absolute atomic E-state index is 0.0229. The Morgan fingerprint density at radius 3 is 2.46 bits per heavy atom. The fourth-order valence-corrected chi connectivity index (χ4v) is 6.49. The number of halogens is 4. The lowest BCUT2D eigenvalue weighted by atomic mass is 10.0. The van der Waals surface area contributed by atoms with Crippen LogP contribution in [0.1, 0.15) is 12.6 Å². The van der Waals surface area contributed by atoms with Gasteiger partial charge < -0.3 is 52.3 Å². The van der Waals surface area contributed by atoms with Gasteiger partial charge in [-0.15, -0.1) is 0 Å². The summed E-state index contributed by atoms with van der Waals surface area (Å²) in [6, 6.07) is 1.12. The van der Waals surface area contributed by atoms with Gasteiger partial charge in [-0.05, 0) is 10.9 Å². The Balaban J connectivity index is 0.000000784. The average molecular weight is 536 g/mol. The zero-order valence-electron chi connectivity index (χ0n) is 18.5. The third kappa shape index (κ3) is 9.16. The topological polar surface area (TPSA) is 174 Å². The van der Waals surface area contributed by atoms with Crippen LogP contribution in [0, 0.1) is 5.92 Å². The Morgan fingerprint density at radius 2 is 1.86 bits per heavy atom. The first-order valence-electron chi connectivity index (χ1n) is 10.7. The highest BCUT2D eigenvalue weighted by Crippen LogP contribution is 2.28. The number of ether oxygens (including phenoxy) is 2. The van der Waals surface area contributed by atoms with E-state index >= 15 is 0 Å². The summed E-state index contributed by atoms with van der Waals surface area (Å²) < 4.78 is 51.1. The maximum atomic E-state index is 11.9. The number of aliphatic hydroxyl groups is 5. The summed E-state index contributed by atoms with van der Waals surface area (Å²) >= 11 is 0. The average Bonchev–Trinajstić information content (AvgIpc) is 3.26. The molecule has 6 N–H and O–H groups in total. The van der Waals surface area contributed by atoms with Crippen LogP contribution < -0.4 is 11.2 Å². The maximum Gasteiger partial charge on any atom is 0.673 e. The molecule has 8 atom stereocenters. The fourth-order valence-electron chi connectivity index (χ4n) is 3.77. The summed E-state index contributed by atoms with van der Waals surface area (Å²) in [5, 5.41) is 49.2. The molecule has 3 heterocycles. The van der Waals surface area contributed by atoms with Crippen LogP contribution in [0.2, 0.25) is 0 Å². The number of aromatic nitrogens is 2. The van der Waals surface area contributed by atoms with Crippen molar-refractivity contribution in [2.45, 2.75) is 43.2 Å². The Kier molecular flexibility index (Phi) is 11.2. The zero-order valence-corrected chi connectivity index (χ0v) is 19.3. The molecule has 202 valence electrons. The minimum atomic E-state index is -6.00. The maximum absolute atomic E-state index is 11.9. The van der Waals surface area contributed by atoms with Gasteiger partial charge in [0, 0.05) is 18.7 Å². The molecule has 0 radical (unpaired) electrons. The molecule has 1 aromatic heterocycles. The predicted octanol–water partition coefficient (Wildman–Crippen LogP) is -2.18. The van der Waals surface area contributed by atoms with Gasteiger partial charge in [0.1, 0.15) is 41.7 Å². The van der Waals surface area contributed by atoms with Gasteiger partial charge in [-0.1, -0.05) is 0 Å². The second-order valence-corrected chi connectivity index (χ2v) is 10.4. The molecule has 35 heavy (non-hydrogen) atoms. The van der Waals surface area contributed by atoms with Gasteiger partial charge in [0.2, 0.25) is 0 Å². The molecule has 0 spiro atoms. The highest BCUT2D eigenvalue weighted by molar-refractivity contribution is 7.97. The van der Waals surface area contributed by atoms with E-state index in [1.54, 1.807) is 0 Å². The Labute approximate surface area is 199 Å². The smallest absolute Gasteiger partial charge is 0.418 e. The van der Waals surface area contributed by atoms with Gasteiger partial charge in [0.25, 0.3) is 5.56 Å². The Morgan fingerprint density at radius 1 is 1.20 bits per heavy atom. The second kappa shape index (κ2) is 13.2. The second-order valence-electron chi connectivity index (χ2n) is 8.12. The molecular formula is C18H29BF4N2O9S. The van der Waals surface area contributed by atoms with Crippen molar-refractivity contribution in [1.82, 2.24) is 9.55 Å². The molecule has 0 bridgehead atoms. The van der Waals surface area contributed by atoms with Crippen LogP contribution in [0.25, 0.3) is 0 Å². The highest BCUT2D eigenvalue weighted by Gasteiger charge is 2.45. The van der Waals surface area contributed by atoms with E-state index in [-0.39, 0.29) is 30.0 Å². The number of hydrogen-bond acceptors (Lipinski definition) is 9. The fraction of sp³-hybridized carbons (Fsp3) is 0.778. The number of nitrogens with zero attached hydrogens (tertiary/aromatic N) is 1. The van der Waals surface area contributed by atoms with Crippen LogP contribution in [0.3, 0.4) is 0 Å². The van der Waals surface area contributed by atoms with Crippen molar-refractivity contribution in [3.05, 3.63) is 33.1 Å². The molecule has 2 aliphatic heterocycles. The standard InChI is InChI=1S/C18H28N2O9S.BF4/c21-6-11(22)10-8-30(9-12(10)23)5-1-4-28-7-13-15(25)16(26)17(29-13)20-3-2-14(24)19-18(20)27;2-1(3,4)5/h2-3,10-13,15-17,21-23,25-26H,1,4-9H2;/q;-1/p+1/t10-,11-,12-,13-,15-,16-,17-,30?;/m1./s1. The van der Waals surface area contributed by atoms with E-state index in [4.69, 9.17) is 14.6 Å². The van der Waals surface area contributed by atoms with Crippen LogP contribution in [0.4, 0.5) is 17.3 Å². The summed E-state index contributed by atoms with van der Waals surface area (Å²) in [5.74, 6) is 1.80. The van der Waals surface area contributed by atoms with E-state index < -0.39 is 55.3 Å². The molecule has 0 aliphatic carbocycles. The normalized spacial score (nSPS) is 31.7. The van der Waals surface area contributed by atoms with Crippen LogP contribution in [-0.4, -0.2) is 110 Å². The van der Waals surface area contributed by atoms with Gasteiger partial charge in [-0.2, -0.15) is 0 Å². The number of rotatable bonds is 9. The van der Waals surface area contributed by atoms with E-state index in [2.05, 4.69) is 4.98 Å². The molecule has 0 saturated carbocycles. The molecule has 0 aromatic carbocycles. The number of hydrogen-bond donors (Lipinski definition) is 6. The quantitative estimate of drug-likeness (QED) is 0.0888. The highest BCUT2D eigenvalue weighted by atomic mass is 32.2. The third-order valence-corrected chi connectivity index (χ3v) is 8.01. The Bertz CT molecular complexity index is 902. The van der Waals surface area contributed by atoms with E-state index in [9.17, 15) is 47.3 Å². The van der Waals surface area contributed by atoms with E-state index in [0.717, 1.165) is 16.4 Å². The first-order chi connectivity index (χ1) is 16.3. The minimum Gasteiger partial charge on any atom is -0.418 e. The largest absolute Gasteiger partial charge is 0.673 e. The van der Waals surface area contributed by atoms with Gasteiger partial charge in [-0.25, -0.2) is 4.79 Å². The van der Waals surface area contributed by atoms with Crippen molar-refractivity contribution >= 4 is 18.1 Å². The van der Waals surface area contributed by atoms with Crippen molar-refractivity contribution in [2.24, 2.45) is 5.92 Å². The third-order valence-electron chi connectivity index (χ3n) is 5.48. The predicted molar refractivity (Wildman–Crippen MR) is 117 cm³/mol. The zero-order chi connectivity index (χ0) is 26.3. The van der Waals surface area contributed by atoms with Crippen molar-refractivity contribution in [2.75, 3.05) is 37.1 Å². The molecule has 2 saturated heterocycles. The lowest BCUT2D eigenvalue weighted by molar-refractivity contribution is -0.0682. The van der Waals surface area contributed by atoms with Crippen LogP contribution in [-0.2, 0) is 20.4 Å². The molecule has 2 aliphatic rings. The number of aliphatic hydroxyl groups excluding tert-OH is 5. The summed E-state index contributed by atoms with van der Waals surface area (Å²) in [5.41, 5.74) is -1.32. The number of aromatic amines is 1. The van der Waals surface area contributed by atoms with Gasteiger partial charge in [-0.3, -0.25) is 14.3 Å². The van der Waals surface area contributed by atoms with Crippen molar-refractivity contribution in [3.8, 4) is 0 Å². The lowest BCUT2D eigenvalue weighted by Gasteiger charge is -2.16. The summed E-state index contributed by atoms with van der Waals surface area (Å²) in [4.78, 5) is 25.1. The van der Waals surface area contributed by atoms with Crippen LogP contribution >= 0.6 is 0 Å². The molecule has 1 aromatic rings. The monoisotopic (exact) mass is 536 g/mol. The van der Waals surface area contributed by atoms with Gasteiger partial charge >= 0.3 is 12.9 Å². The van der Waals surface area contributed by atoms with E-state index in [1.165, 1.54) is 6.20 Å². The first kappa shape index (κ1) is 29.8. The molecule has 3 rings (SSSR count). The van der Waals surface area contributed by atoms with Crippen molar-refractivity contribution in [3.63, 3.8) is 0 Å². The molecule has 11 nitrogen and oxygen atoms in total. The summed E-state index contributed by atoms with van der Waals surface area (Å²) in [6.45, 7) is 0.0532. The lowest BCUT2D eigenvalue weighted by Crippen LogP contribution is -2.37. The summed E-state index contributed by atoms with van der Waals surface area (Å²) in [7, 11) is -6.05. The summed E-state index contributed by atoms with van der Waals surface area (Å²) in [6.07, 6.45) is -4.15. The molecule has 0 amide bonds. The number of H-pyrrole nitrogens is 1. The van der Waals surface area contributed by atoms with Gasteiger partial charge in [0.15, 0.2) is 6.23 Å². The Hall–Kier alpha value is -1.47. The number of nitrogens with one attached hydrogen (secondary N) is 1. The van der Waals surface area contributed by atoms with E-state index in [1.807, 2.05) is 0 Å². The van der Waals surface area contributed by atoms with Crippen molar-refractivity contribution in [1.29, 1.82) is 0 Å². The molecule has 2 fully saturated rings. The van der Waals surface area contributed by atoms with E-state index in [0.29, 0.717) is 24.5 Å². The van der Waals surface area contributed by atoms with Crippen LogP contribution in [0.15, 0.2) is 21.9 Å². The molecular weight excluding hydrogens is 507 g/mol. The van der Waals surface area contributed by atoms with Gasteiger partial charge in [0.05, 0.1) is 31.8 Å². The van der Waals surface area contributed by atoms with Crippen molar-refractivity contribution < 1.29 is 52.3 Å². The van der Waals surface area contributed by atoms with Crippen LogP contribution in [0.5, 0.6) is 0 Å². The molecule has 17 heteroatoms.